The predicted octanol–water partition coefficient (Wildman–Crippen LogP) is 2.60. The molecule has 106 valence electrons. The molecule has 2 rings (SSSR count). The first-order chi connectivity index (χ1) is 9.35. The Morgan fingerprint density at radius 3 is 2.58 bits per heavy atom. The highest BCUT2D eigenvalue weighted by molar-refractivity contribution is 5.57. The first-order valence-corrected chi connectivity index (χ1v) is 7.52. The molecule has 2 N–H and O–H groups in total. The fourth-order valence-corrected chi connectivity index (χ4v) is 2.63. The van der Waals surface area contributed by atoms with Crippen LogP contribution < -0.4 is 10.6 Å². The maximum atomic E-state index is 5.73. The van der Waals surface area contributed by atoms with Crippen LogP contribution in [0.1, 0.15) is 31.4 Å². The summed E-state index contributed by atoms with van der Waals surface area (Å²) >= 11 is 0. The Hall–Kier alpha value is -1.06. The van der Waals surface area contributed by atoms with Crippen LogP contribution in [-0.4, -0.2) is 32.3 Å². The largest absolute Gasteiger partial charge is 0.385 e. The third-order valence-electron chi connectivity index (χ3n) is 3.77. The van der Waals surface area contributed by atoms with Crippen LogP contribution in [0.5, 0.6) is 0 Å². The first-order valence-electron chi connectivity index (χ1n) is 7.52. The van der Waals surface area contributed by atoms with E-state index in [1.165, 1.54) is 16.8 Å². The zero-order valence-corrected chi connectivity index (χ0v) is 12.2. The summed E-state index contributed by atoms with van der Waals surface area (Å²) in [4.78, 5) is 0. The van der Waals surface area contributed by atoms with Crippen LogP contribution in [0.4, 0.5) is 5.69 Å². The molecule has 0 bridgehead atoms. The third-order valence-corrected chi connectivity index (χ3v) is 3.77. The number of hydrogen-bond donors (Lipinski definition) is 2. The van der Waals surface area contributed by atoms with Gasteiger partial charge in [-0.3, -0.25) is 0 Å². The molecule has 1 aromatic carbocycles. The normalized spacial score (nSPS) is 19.4. The van der Waals surface area contributed by atoms with Gasteiger partial charge in [0, 0.05) is 25.3 Å². The molecular weight excluding hydrogens is 236 g/mol. The quantitative estimate of drug-likeness (QED) is 0.827. The van der Waals surface area contributed by atoms with Gasteiger partial charge in [0.05, 0.1) is 12.7 Å². The van der Waals surface area contributed by atoms with Crippen LogP contribution >= 0.6 is 0 Å². The van der Waals surface area contributed by atoms with Gasteiger partial charge in [0.2, 0.25) is 0 Å². The van der Waals surface area contributed by atoms with E-state index < -0.39 is 0 Å². The number of morpholine rings is 1. The Kier molecular flexibility index (Phi) is 5.67. The van der Waals surface area contributed by atoms with Crippen molar-refractivity contribution in [2.24, 2.45) is 0 Å². The predicted molar refractivity (Wildman–Crippen MR) is 80.9 cm³/mol. The van der Waals surface area contributed by atoms with Gasteiger partial charge in [-0.2, -0.15) is 0 Å². The van der Waals surface area contributed by atoms with Gasteiger partial charge in [-0.1, -0.05) is 32.0 Å². The number of anilines is 1. The number of hydrogen-bond acceptors (Lipinski definition) is 3. The summed E-state index contributed by atoms with van der Waals surface area (Å²) in [6, 6.07) is 6.61. The zero-order chi connectivity index (χ0) is 13.5. The molecule has 1 atom stereocenters. The van der Waals surface area contributed by atoms with E-state index in [0.29, 0.717) is 6.10 Å². The highest BCUT2D eigenvalue weighted by Gasteiger charge is 2.13. The highest BCUT2D eigenvalue weighted by atomic mass is 16.5. The zero-order valence-electron chi connectivity index (χ0n) is 12.2. The monoisotopic (exact) mass is 262 g/mol. The van der Waals surface area contributed by atoms with Crippen LogP contribution in [0.15, 0.2) is 18.2 Å². The summed E-state index contributed by atoms with van der Waals surface area (Å²) in [5.74, 6) is 0. The average molecular weight is 262 g/mol. The van der Waals surface area contributed by atoms with Crippen LogP contribution in [0.25, 0.3) is 0 Å². The molecule has 3 nitrogen and oxygen atoms in total. The molecule has 1 saturated heterocycles. The van der Waals surface area contributed by atoms with E-state index in [-0.39, 0.29) is 0 Å². The lowest BCUT2D eigenvalue weighted by Gasteiger charge is -2.24. The van der Waals surface area contributed by atoms with Crippen molar-refractivity contribution in [2.45, 2.75) is 39.2 Å². The van der Waals surface area contributed by atoms with Crippen molar-refractivity contribution in [1.82, 2.24) is 5.32 Å². The van der Waals surface area contributed by atoms with Crippen molar-refractivity contribution in [1.29, 1.82) is 0 Å². The van der Waals surface area contributed by atoms with Gasteiger partial charge in [-0.15, -0.1) is 0 Å². The van der Waals surface area contributed by atoms with Crippen molar-refractivity contribution in [3.05, 3.63) is 29.3 Å². The SMILES string of the molecule is CCc1cccc(CC)c1NCCC1CNCCO1. The minimum absolute atomic E-state index is 0.361. The molecule has 0 spiro atoms. The van der Waals surface area contributed by atoms with Crippen molar-refractivity contribution in [3.8, 4) is 0 Å². The molecule has 1 aromatic rings. The summed E-state index contributed by atoms with van der Waals surface area (Å²) in [6.07, 6.45) is 3.59. The Balaban J connectivity index is 1.90. The lowest BCUT2D eigenvalue weighted by molar-refractivity contribution is 0.0258. The Morgan fingerprint density at radius 2 is 2.00 bits per heavy atom. The molecule has 1 heterocycles. The van der Waals surface area contributed by atoms with Crippen LogP contribution in [0.3, 0.4) is 0 Å². The van der Waals surface area contributed by atoms with E-state index >= 15 is 0 Å². The van der Waals surface area contributed by atoms with Gasteiger partial charge < -0.3 is 15.4 Å². The maximum Gasteiger partial charge on any atom is 0.0716 e. The molecule has 1 unspecified atom stereocenters. The highest BCUT2D eigenvalue weighted by Crippen LogP contribution is 2.22. The van der Waals surface area contributed by atoms with Crippen LogP contribution in [0.2, 0.25) is 0 Å². The number of nitrogens with one attached hydrogen (secondary N) is 2. The molecule has 0 aliphatic carbocycles. The topological polar surface area (TPSA) is 33.3 Å². The van der Waals surface area contributed by atoms with Crippen LogP contribution in [0, 0.1) is 0 Å². The summed E-state index contributed by atoms with van der Waals surface area (Å²) in [6.45, 7) is 8.23. The number of ether oxygens (including phenoxy) is 1. The Labute approximate surface area is 116 Å². The first kappa shape index (κ1) is 14.4. The van der Waals surface area contributed by atoms with E-state index in [2.05, 4.69) is 42.7 Å². The molecule has 0 saturated carbocycles. The molecule has 0 radical (unpaired) electrons. The summed E-state index contributed by atoms with van der Waals surface area (Å²) in [5, 5.41) is 7.00. The summed E-state index contributed by atoms with van der Waals surface area (Å²) < 4.78 is 5.73. The smallest absolute Gasteiger partial charge is 0.0716 e. The van der Waals surface area contributed by atoms with Gasteiger partial charge in [0.15, 0.2) is 0 Å². The van der Waals surface area contributed by atoms with Gasteiger partial charge in [0.1, 0.15) is 0 Å². The minimum atomic E-state index is 0.361. The number of benzene rings is 1. The summed E-state index contributed by atoms with van der Waals surface area (Å²) in [7, 11) is 0. The fraction of sp³-hybridized carbons (Fsp3) is 0.625. The molecule has 3 heteroatoms. The van der Waals surface area contributed by atoms with Crippen molar-refractivity contribution in [2.75, 3.05) is 31.6 Å². The molecular formula is C16H26N2O. The van der Waals surface area contributed by atoms with Crippen LogP contribution in [-0.2, 0) is 17.6 Å². The Bertz CT molecular complexity index is 364. The van der Waals surface area contributed by atoms with Gasteiger partial charge in [-0.25, -0.2) is 0 Å². The lowest BCUT2D eigenvalue weighted by Crippen LogP contribution is -2.39. The number of para-hydroxylation sites is 1. The van der Waals surface area contributed by atoms with Crippen molar-refractivity contribution < 1.29 is 4.74 Å². The summed E-state index contributed by atoms with van der Waals surface area (Å²) in [5.41, 5.74) is 4.18. The Morgan fingerprint density at radius 1 is 1.26 bits per heavy atom. The average Bonchev–Trinajstić information content (AvgIpc) is 2.48. The van der Waals surface area contributed by atoms with E-state index in [1.807, 2.05) is 0 Å². The fourth-order valence-electron chi connectivity index (χ4n) is 2.63. The molecule has 0 amide bonds. The molecule has 1 aliphatic heterocycles. The lowest BCUT2D eigenvalue weighted by atomic mass is 10.0. The second-order valence-electron chi connectivity index (χ2n) is 5.07. The maximum absolute atomic E-state index is 5.73. The second-order valence-corrected chi connectivity index (χ2v) is 5.07. The van der Waals surface area contributed by atoms with E-state index in [0.717, 1.165) is 45.5 Å². The molecule has 0 aromatic heterocycles. The van der Waals surface area contributed by atoms with Gasteiger partial charge >= 0.3 is 0 Å². The standard InChI is InChI=1S/C16H26N2O/c1-3-13-6-5-7-14(4-2)16(13)18-9-8-15-12-17-10-11-19-15/h5-7,15,17-18H,3-4,8-12H2,1-2H3. The number of aryl methyl sites for hydroxylation is 2. The molecule has 19 heavy (non-hydrogen) atoms. The van der Waals surface area contributed by atoms with E-state index in [9.17, 15) is 0 Å². The van der Waals surface area contributed by atoms with E-state index in [1.54, 1.807) is 0 Å². The third kappa shape index (κ3) is 3.95. The molecule has 1 fully saturated rings. The van der Waals surface area contributed by atoms with E-state index in [4.69, 9.17) is 4.74 Å². The number of rotatable bonds is 6. The second kappa shape index (κ2) is 7.51. The van der Waals surface area contributed by atoms with Crippen molar-refractivity contribution >= 4 is 5.69 Å². The molecule has 1 aliphatic rings. The van der Waals surface area contributed by atoms with Gasteiger partial charge in [-0.05, 0) is 30.4 Å². The van der Waals surface area contributed by atoms with Crippen molar-refractivity contribution in [3.63, 3.8) is 0 Å². The van der Waals surface area contributed by atoms with Gasteiger partial charge in [0.25, 0.3) is 0 Å². The minimum Gasteiger partial charge on any atom is -0.385 e.